The van der Waals surface area contributed by atoms with E-state index < -0.39 is 5.91 Å². The number of carbonyl (C=O) groups excluding carboxylic acids is 2. The third kappa shape index (κ3) is 2.40. The number of carbonyl (C=O) groups is 2. The Morgan fingerprint density at radius 2 is 2.14 bits per heavy atom. The molecule has 0 aromatic heterocycles. The molecule has 0 heterocycles. The third-order valence-electron chi connectivity index (χ3n) is 0.350. The Bertz CT molecular complexity index is 120. The zero-order chi connectivity index (χ0) is 5.86. The molecular formula is C3H3NO2W. The van der Waals surface area contributed by atoms with E-state index in [9.17, 15) is 9.59 Å². The first kappa shape index (κ1) is 6.70. The summed E-state index contributed by atoms with van der Waals surface area (Å²) in [5, 5.41) is 0. The minimum atomic E-state index is -0.620. The van der Waals surface area contributed by atoms with Crippen LogP contribution in [0.5, 0.6) is 0 Å². The molecule has 0 unspecified atom stereocenters. The molecule has 0 aliphatic carbocycles. The molecule has 0 bridgehead atoms. The second kappa shape index (κ2) is 2.80. The predicted octanol–water partition coefficient (Wildman–Crippen LogP) is -1.61. The molecule has 1 amide bonds. The monoisotopic (exact) mass is 269 g/mol. The van der Waals surface area contributed by atoms with Gasteiger partial charge in [-0.15, -0.1) is 0 Å². The van der Waals surface area contributed by atoms with Gasteiger partial charge < -0.3 is 0 Å². The summed E-state index contributed by atoms with van der Waals surface area (Å²) in [7, 11) is 0. The molecule has 0 saturated carbocycles. The first-order valence-corrected chi connectivity index (χ1v) is 2.94. The molecule has 2 N–H and O–H groups in total. The first-order chi connectivity index (χ1) is 3.18. The topological polar surface area (TPSA) is 60.2 Å². The van der Waals surface area contributed by atoms with Crippen molar-refractivity contribution in [2.75, 3.05) is 0 Å². The van der Waals surface area contributed by atoms with E-state index in [1.807, 2.05) is 0 Å². The molecule has 0 fully saturated rings. The molecule has 4 heteroatoms. The second-order valence-electron chi connectivity index (χ2n) is 0.846. The van der Waals surface area contributed by atoms with E-state index >= 15 is 0 Å². The number of hydrogen-bond donors (Lipinski definition) is 1. The molecule has 0 aliphatic heterocycles. The Morgan fingerprint density at radius 1 is 1.71 bits per heavy atom. The van der Waals surface area contributed by atoms with Crippen LogP contribution in [0.2, 0.25) is 0 Å². The van der Waals surface area contributed by atoms with Crippen molar-refractivity contribution in [3.63, 3.8) is 0 Å². The number of rotatable bonds is 2. The minimum absolute atomic E-state index is 0.139. The van der Waals surface area contributed by atoms with E-state index in [1.165, 1.54) is 0 Å². The van der Waals surface area contributed by atoms with E-state index in [0.29, 0.717) is 6.29 Å². The van der Waals surface area contributed by atoms with Crippen LogP contribution in [0, 0.1) is 0 Å². The number of hydrogen-bond acceptors (Lipinski definition) is 2. The van der Waals surface area contributed by atoms with Gasteiger partial charge in [0.2, 0.25) is 0 Å². The summed E-state index contributed by atoms with van der Waals surface area (Å²) in [6.07, 6.45) is 0.470. The van der Waals surface area contributed by atoms with Gasteiger partial charge in [-0.2, -0.15) is 0 Å². The Labute approximate surface area is 51.3 Å². The fourth-order valence-corrected chi connectivity index (χ4v) is 0.0581. The Balaban J connectivity index is 3.81. The molecule has 38 valence electrons. The number of amides is 1. The summed E-state index contributed by atoms with van der Waals surface area (Å²) in [5.74, 6) is -0.620. The molecule has 7 heavy (non-hydrogen) atoms. The molecule has 0 aliphatic rings. The van der Waals surface area contributed by atoms with Crippen molar-refractivity contribution in [1.29, 1.82) is 0 Å². The van der Waals surface area contributed by atoms with Crippen molar-refractivity contribution in [2.45, 2.75) is 0 Å². The molecule has 0 radical (unpaired) electrons. The van der Waals surface area contributed by atoms with E-state index in [2.05, 4.69) is 5.73 Å². The van der Waals surface area contributed by atoms with Gasteiger partial charge in [0.1, 0.15) is 0 Å². The standard InChI is InChI=1S/C3H3NO2.W/c4-3(6)1-2-5;/h2H,(H2,4,6);. The van der Waals surface area contributed by atoms with Crippen molar-refractivity contribution in [2.24, 2.45) is 5.73 Å². The molecule has 0 spiro atoms. The van der Waals surface area contributed by atoms with Crippen LogP contribution >= 0.6 is 0 Å². The average Bonchev–Trinajstić information content (AvgIpc) is 1.65. The van der Waals surface area contributed by atoms with Crippen LogP contribution in [-0.2, 0) is 28.9 Å². The maximum atomic E-state index is 9.91. The average molecular weight is 269 g/mol. The van der Waals surface area contributed by atoms with Gasteiger partial charge in [-0.3, -0.25) is 0 Å². The zero-order valence-corrected chi connectivity index (χ0v) is 6.31. The van der Waals surface area contributed by atoms with Gasteiger partial charge in [0.05, 0.1) is 0 Å². The fraction of sp³-hybridized carbons (Fsp3) is 0. The quantitative estimate of drug-likeness (QED) is 0.484. The van der Waals surface area contributed by atoms with Gasteiger partial charge >= 0.3 is 50.8 Å². The summed E-state index contributed by atoms with van der Waals surface area (Å²) in [6.45, 7) is 0. The normalized spacial score (nSPS) is 7.43. The molecule has 0 aromatic carbocycles. The summed E-state index contributed by atoms with van der Waals surface area (Å²) in [5.41, 5.74) is 4.66. The van der Waals surface area contributed by atoms with Gasteiger partial charge in [0, 0.05) is 0 Å². The predicted molar refractivity (Wildman–Crippen MR) is 20.3 cm³/mol. The van der Waals surface area contributed by atoms with Crippen LogP contribution in [0.1, 0.15) is 0 Å². The van der Waals surface area contributed by atoms with Crippen LogP contribution in [0.25, 0.3) is 0 Å². The summed E-state index contributed by atoms with van der Waals surface area (Å²) >= 11 is 0.817. The van der Waals surface area contributed by atoms with E-state index in [0.717, 1.165) is 19.4 Å². The van der Waals surface area contributed by atoms with Crippen LogP contribution in [0.15, 0.2) is 0 Å². The third-order valence-corrected chi connectivity index (χ3v) is 1.42. The van der Waals surface area contributed by atoms with E-state index in [4.69, 9.17) is 0 Å². The van der Waals surface area contributed by atoms with Crippen molar-refractivity contribution in [3.8, 4) is 0 Å². The van der Waals surface area contributed by atoms with E-state index in [1.54, 1.807) is 0 Å². The van der Waals surface area contributed by atoms with Gasteiger partial charge in [0.25, 0.3) is 0 Å². The van der Waals surface area contributed by atoms with Crippen LogP contribution in [0.4, 0.5) is 0 Å². The summed E-state index contributed by atoms with van der Waals surface area (Å²) in [6, 6.07) is 0. The van der Waals surface area contributed by atoms with Crippen molar-refractivity contribution < 1.29 is 28.9 Å². The van der Waals surface area contributed by atoms with Crippen molar-refractivity contribution in [1.82, 2.24) is 0 Å². The van der Waals surface area contributed by atoms with Gasteiger partial charge in [-0.1, -0.05) is 0 Å². The summed E-state index contributed by atoms with van der Waals surface area (Å²) < 4.78 is 0.139. The van der Waals surface area contributed by atoms with Crippen molar-refractivity contribution >= 4 is 16.1 Å². The number of primary amides is 1. The Hall–Kier alpha value is -0.302. The molecular weight excluding hydrogens is 266 g/mol. The zero-order valence-electron chi connectivity index (χ0n) is 3.38. The fourth-order valence-electron chi connectivity index (χ4n) is 0.0581. The number of aldehydes is 1. The van der Waals surface area contributed by atoms with Gasteiger partial charge in [-0.25, -0.2) is 0 Å². The molecule has 0 rings (SSSR count). The van der Waals surface area contributed by atoms with Gasteiger partial charge in [-0.05, 0) is 0 Å². The molecule has 0 aromatic rings. The number of nitrogens with two attached hydrogens (primary N) is 1. The Morgan fingerprint density at radius 3 is 2.14 bits per heavy atom. The Kier molecular flexibility index (Phi) is 2.68. The SMILES string of the molecule is NC(=O)[C](=[W])C=O. The van der Waals surface area contributed by atoms with Crippen LogP contribution in [-0.4, -0.2) is 16.1 Å². The molecule has 0 saturated heterocycles. The van der Waals surface area contributed by atoms with Crippen LogP contribution < -0.4 is 5.73 Å². The first-order valence-electron chi connectivity index (χ1n) is 1.47. The molecule has 3 nitrogen and oxygen atoms in total. The maximum absolute atomic E-state index is 9.91. The van der Waals surface area contributed by atoms with Gasteiger partial charge in [0.15, 0.2) is 0 Å². The van der Waals surface area contributed by atoms with Crippen molar-refractivity contribution in [3.05, 3.63) is 0 Å². The van der Waals surface area contributed by atoms with Crippen LogP contribution in [0.3, 0.4) is 0 Å². The molecule has 0 atom stereocenters. The summed E-state index contributed by atoms with van der Waals surface area (Å²) in [4.78, 5) is 19.5. The second-order valence-corrected chi connectivity index (χ2v) is 2.43. The van der Waals surface area contributed by atoms with E-state index in [-0.39, 0.29) is 3.90 Å².